The summed E-state index contributed by atoms with van der Waals surface area (Å²) < 4.78 is 16.0. The van der Waals surface area contributed by atoms with E-state index in [1.807, 2.05) is 6.92 Å². The van der Waals surface area contributed by atoms with Gasteiger partial charge < -0.3 is 9.42 Å². The minimum atomic E-state index is -3.69. The van der Waals surface area contributed by atoms with E-state index in [1.54, 1.807) is 6.92 Å². The van der Waals surface area contributed by atoms with Crippen molar-refractivity contribution in [1.29, 1.82) is 0 Å². The molecule has 5 heteroatoms. The Morgan fingerprint density at radius 3 is 2.50 bits per heavy atom. The van der Waals surface area contributed by atoms with E-state index in [1.165, 1.54) is 0 Å². The minimum absolute atomic E-state index is 0.146. The fraction of sp³-hybridized carbons (Fsp3) is 0.909. The predicted octanol–water partition coefficient (Wildman–Crippen LogP) is 2.99. The number of hydrogen-bond donors (Lipinski definition) is 1. The van der Waals surface area contributed by atoms with Crippen LogP contribution in [0.4, 0.5) is 0 Å². The van der Waals surface area contributed by atoms with E-state index < -0.39 is 7.60 Å². The second-order valence-corrected chi connectivity index (χ2v) is 5.93. The Balaban J connectivity index is 3.99. The highest BCUT2D eigenvalue weighted by molar-refractivity contribution is 7.53. The van der Waals surface area contributed by atoms with E-state index in [2.05, 4.69) is 11.4 Å². The van der Waals surface area contributed by atoms with Crippen molar-refractivity contribution in [3.8, 4) is 0 Å². The van der Waals surface area contributed by atoms with E-state index >= 15 is 0 Å². The smallest absolute Gasteiger partial charge is 0.324 e. The van der Waals surface area contributed by atoms with Crippen LogP contribution in [0.1, 0.15) is 46.5 Å². The summed E-state index contributed by atoms with van der Waals surface area (Å²) >= 11 is 0. The van der Waals surface area contributed by atoms with Crippen LogP contribution in [-0.4, -0.2) is 23.4 Å². The highest BCUT2D eigenvalue weighted by Crippen LogP contribution is 2.42. The van der Waals surface area contributed by atoms with Gasteiger partial charge in [-0.2, -0.15) is 0 Å². The lowest BCUT2D eigenvalue weighted by Crippen LogP contribution is -2.16. The number of Topliss-reactive ketones (excluding diaryl/α,β-unsaturated/α-hetero) is 1. The maximum Gasteiger partial charge on any atom is 0.335 e. The summed E-state index contributed by atoms with van der Waals surface area (Å²) in [5.74, 6) is -0.317. The van der Waals surface area contributed by atoms with Crippen LogP contribution in [0.25, 0.3) is 0 Å². The SMILES string of the molecule is CCCCCC(C)C(=O)CP(=O)(O)OCC. The fourth-order valence-electron chi connectivity index (χ4n) is 1.46. The molecule has 0 fully saturated rings. The average Bonchev–Trinajstić information content (AvgIpc) is 2.16. The topological polar surface area (TPSA) is 63.6 Å². The lowest BCUT2D eigenvalue weighted by molar-refractivity contribution is -0.120. The summed E-state index contributed by atoms with van der Waals surface area (Å²) in [6.07, 6.45) is 3.64. The molecule has 0 heterocycles. The molecule has 0 amide bonds. The van der Waals surface area contributed by atoms with Crippen LogP contribution in [0.15, 0.2) is 0 Å². The molecule has 0 aromatic heterocycles. The third-order valence-corrected chi connectivity index (χ3v) is 3.85. The first kappa shape index (κ1) is 15.8. The van der Waals surface area contributed by atoms with Crippen molar-refractivity contribution in [3.63, 3.8) is 0 Å². The van der Waals surface area contributed by atoms with Gasteiger partial charge in [-0.1, -0.05) is 33.1 Å². The molecular weight excluding hydrogens is 227 g/mol. The van der Waals surface area contributed by atoms with Gasteiger partial charge in [-0.25, -0.2) is 0 Å². The van der Waals surface area contributed by atoms with Gasteiger partial charge in [-0.3, -0.25) is 9.36 Å². The van der Waals surface area contributed by atoms with E-state index in [-0.39, 0.29) is 24.5 Å². The molecule has 2 atom stereocenters. The molecule has 4 nitrogen and oxygen atoms in total. The third kappa shape index (κ3) is 7.15. The molecule has 0 saturated heterocycles. The molecule has 0 bridgehead atoms. The number of hydrogen-bond acceptors (Lipinski definition) is 3. The zero-order valence-corrected chi connectivity index (χ0v) is 11.3. The predicted molar refractivity (Wildman–Crippen MR) is 64.6 cm³/mol. The molecule has 0 spiro atoms. The molecule has 0 aliphatic carbocycles. The number of unbranched alkanes of at least 4 members (excludes halogenated alkanes) is 2. The van der Waals surface area contributed by atoms with E-state index in [0.29, 0.717) is 0 Å². The zero-order chi connectivity index (χ0) is 12.6. The lowest BCUT2D eigenvalue weighted by atomic mass is 10.00. The fourth-order valence-corrected chi connectivity index (χ4v) is 2.66. The van der Waals surface area contributed by atoms with Crippen LogP contribution in [0.3, 0.4) is 0 Å². The van der Waals surface area contributed by atoms with Gasteiger partial charge in [-0.05, 0) is 13.3 Å². The zero-order valence-electron chi connectivity index (χ0n) is 10.4. The summed E-state index contributed by atoms with van der Waals surface area (Å²) in [6, 6.07) is 0. The maximum atomic E-state index is 11.6. The molecule has 96 valence electrons. The Kier molecular flexibility index (Phi) is 7.90. The normalized spacial score (nSPS) is 16.8. The number of rotatable bonds is 9. The first-order valence-electron chi connectivity index (χ1n) is 5.92. The van der Waals surface area contributed by atoms with Crippen LogP contribution in [0, 0.1) is 5.92 Å². The molecule has 0 aliphatic rings. The summed E-state index contributed by atoms with van der Waals surface area (Å²) in [5.41, 5.74) is 0. The molecule has 0 aromatic carbocycles. The maximum absolute atomic E-state index is 11.6. The van der Waals surface area contributed by atoms with E-state index in [9.17, 15) is 14.3 Å². The summed E-state index contributed by atoms with van der Waals surface area (Å²) in [4.78, 5) is 20.9. The molecule has 1 N–H and O–H groups in total. The van der Waals surface area contributed by atoms with Gasteiger partial charge in [0.1, 0.15) is 11.9 Å². The van der Waals surface area contributed by atoms with Crippen LogP contribution < -0.4 is 0 Å². The second kappa shape index (κ2) is 7.99. The standard InChI is InChI=1S/C11H23O4P/c1-4-6-7-8-10(3)11(12)9-16(13,14)15-5-2/h10H,4-9H2,1-3H3,(H,13,14). The number of carbonyl (C=O) groups excluding carboxylic acids is 1. The van der Waals surface area contributed by atoms with Gasteiger partial charge in [-0.15, -0.1) is 0 Å². The first-order chi connectivity index (χ1) is 7.43. The Morgan fingerprint density at radius 1 is 1.38 bits per heavy atom. The Morgan fingerprint density at radius 2 is 2.00 bits per heavy atom. The molecular formula is C11H23O4P. The molecule has 0 radical (unpaired) electrons. The van der Waals surface area contributed by atoms with Gasteiger partial charge in [0.05, 0.1) is 6.61 Å². The van der Waals surface area contributed by atoms with Gasteiger partial charge >= 0.3 is 7.60 Å². The quantitative estimate of drug-likeness (QED) is 0.504. The van der Waals surface area contributed by atoms with Gasteiger partial charge in [0.2, 0.25) is 0 Å². The lowest BCUT2D eigenvalue weighted by Gasteiger charge is -2.13. The number of carbonyl (C=O) groups is 1. The number of ketones is 1. The molecule has 2 unspecified atom stereocenters. The van der Waals surface area contributed by atoms with Crippen LogP contribution in [0.2, 0.25) is 0 Å². The molecule has 0 saturated carbocycles. The summed E-state index contributed by atoms with van der Waals surface area (Å²) in [5, 5.41) is 0. The van der Waals surface area contributed by atoms with Crippen molar-refractivity contribution in [2.24, 2.45) is 5.92 Å². The van der Waals surface area contributed by atoms with Crippen LogP contribution >= 0.6 is 7.60 Å². The van der Waals surface area contributed by atoms with Gasteiger partial charge in [0.15, 0.2) is 0 Å². The van der Waals surface area contributed by atoms with Crippen LogP contribution in [-0.2, 0) is 13.9 Å². The van der Waals surface area contributed by atoms with E-state index in [0.717, 1.165) is 25.7 Å². The molecule has 0 rings (SSSR count). The van der Waals surface area contributed by atoms with Crippen molar-refractivity contribution >= 4 is 13.4 Å². The second-order valence-electron chi connectivity index (χ2n) is 4.08. The highest BCUT2D eigenvalue weighted by atomic mass is 31.2. The Bertz CT molecular complexity index is 252. The van der Waals surface area contributed by atoms with Gasteiger partial charge in [0, 0.05) is 5.92 Å². The van der Waals surface area contributed by atoms with E-state index in [4.69, 9.17) is 0 Å². The highest BCUT2D eigenvalue weighted by Gasteiger charge is 2.26. The molecule has 0 aromatic rings. The minimum Gasteiger partial charge on any atom is -0.324 e. The molecule has 16 heavy (non-hydrogen) atoms. The van der Waals surface area contributed by atoms with Crippen molar-refractivity contribution in [1.82, 2.24) is 0 Å². The first-order valence-corrected chi connectivity index (χ1v) is 7.68. The van der Waals surface area contributed by atoms with Gasteiger partial charge in [0.25, 0.3) is 0 Å². The molecule has 0 aliphatic heterocycles. The van der Waals surface area contributed by atoms with Crippen molar-refractivity contribution in [2.45, 2.75) is 46.5 Å². The third-order valence-electron chi connectivity index (χ3n) is 2.48. The van der Waals surface area contributed by atoms with Crippen molar-refractivity contribution < 1.29 is 18.8 Å². The van der Waals surface area contributed by atoms with Crippen molar-refractivity contribution in [2.75, 3.05) is 12.8 Å². The summed E-state index contributed by atoms with van der Waals surface area (Å²) in [7, 11) is -3.69. The Labute approximate surface area is 97.9 Å². The monoisotopic (exact) mass is 250 g/mol. The summed E-state index contributed by atoms with van der Waals surface area (Å²) in [6.45, 7) is 5.71. The van der Waals surface area contributed by atoms with Crippen molar-refractivity contribution in [3.05, 3.63) is 0 Å². The average molecular weight is 250 g/mol. The largest absolute Gasteiger partial charge is 0.335 e. The van der Waals surface area contributed by atoms with Crippen LogP contribution in [0.5, 0.6) is 0 Å². The Hall–Kier alpha value is -0.180.